The Hall–Kier alpha value is -1.56. The number of rotatable bonds is 3. The number of nitrogens with two attached hydrogens (primary N) is 1. The maximum absolute atomic E-state index is 12.6. The second-order valence-electron chi connectivity index (χ2n) is 5.30. The van der Waals surface area contributed by atoms with Crippen LogP contribution in [0.4, 0.5) is 13.2 Å². The Bertz CT molecular complexity index is 494. The zero-order chi connectivity index (χ0) is 15.5. The predicted octanol–water partition coefficient (Wildman–Crippen LogP) is 2.60. The number of carbonyl (C=O) groups is 1. The average molecular weight is 300 g/mol. The summed E-state index contributed by atoms with van der Waals surface area (Å²) in [6, 6.07) is 7.14. The third kappa shape index (κ3) is 3.75. The van der Waals surface area contributed by atoms with Gasteiger partial charge in [-0.05, 0) is 37.4 Å². The molecule has 21 heavy (non-hydrogen) atoms. The van der Waals surface area contributed by atoms with Crippen LogP contribution >= 0.6 is 0 Å². The van der Waals surface area contributed by atoms with Crippen LogP contribution in [0.2, 0.25) is 0 Å². The van der Waals surface area contributed by atoms with Crippen molar-refractivity contribution in [2.45, 2.75) is 25.4 Å². The van der Waals surface area contributed by atoms with Crippen molar-refractivity contribution in [1.29, 1.82) is 0 Å². The zero-order valence-corrected chi connectivity index (χ0v) is 11.7. The molecule has 1 aromatic rings. The molecule has 0 bridgehead atoms. The minimum Gasteiger partial charge on any atom is -0.339 e. The molecular weight excluding hydrogens is 281 g/mol. The fourth-order valence-electron chi connectivity index (χ4n) is 2.68. The number of amides is 1. The van der Waals surface area contributed by atoms with Crippen molar-refractivity contribution in [3.63, 3.8) is 0 Å². The number of piperidine rings is 1. The van der Waals surface area contributed by atoms with E-state index in [9.17, 15) is 18.0 Å². The summed E-state index contributed by atoms with van der Waals surface area (Å²) in [5, 5.41) is 0. The highest BCUT2D eigenvalue weighted by Crippen LogP contribution is 2.34. The summed E-state index contributed by atoms with van der Waals surface area (Å²) in [5.41, 5.74) is 6.92. The first-order valence-corrected chi connectivity index (χ1v) is 7.07. The van der Waals surface area contributed by atoms with E-state index in [1.165, 1.54) is 4.90 Å². The first kappa shape index (κ1) is 15.8. The van der Waals surface area contributed by atoms with E-state index < -0.39 is 12.1 Å². The van der Waals surface area contributed by atoms with Gasteiger partial charge in [0, 0.05) is 18.7 Å². The molecule has 1 fully saturated rings. The summed E-state index contributed by atoms with van der Waals surface area (Å²) in [6.45, 7) is 0.736. The Kier molecular flexibility index (Phi) is 4.88. The molecule has 1 aromatic carbocycles. The number of likely N-dealkylation sites (tertiary alicyclic amines) is 1. The fraction of sp³-hybridized carbons (Fsp3) is 0.533. The Labute approximate surface area is 121 Å². The van der Waals surface area contributed by atoms with Gasteiger partial charge in [-0.25, -0.2) is 0 Å². The number of halogens is 3. The van der Waals surface area contributed by atoms with E-state index in [-0.39, 0.29) is 31.8 Å². The molecule has 116 valence electrons. The number of hydrogen-bond donors (Lipinski definition) is 1. The molecule has 1 aliphatic heterocycles. The zero-order valence-electron chi connectivity index (χ0n) is 11.7. The largest absolute Gasteiger partial charge is 0.391 e. The molecule has 0 aromatic heterocycles. The number of benzene rings is 1. The normalized spacial score (nSPS) is 17.0. The molecule has 2 rings (SSSR count). The van der Waals surface area contributed by atoms with E-state index in [0.29, 0.717) is 18.5 Å². The molecule has 1 saturated heterocycles. The predicted molar refractivity (Wildman–Crippen MR) is 73.9 cm³/mol. The van der Waals surface area contributed by atoms with Gasteiger partial charge in [0.05, 0.1) is 5.92 Å². The van der Waals surface area contributed by atoms with Crippen LogP contribution in [0.25, 0.3) is 0 Å². The fourth-order valence-corrected chi connectivity index (χ4v) is 2.68. The van der Waals surface area contributed by atoms with Gasteiger partial charge in [0.2, 0.25) is 0 Å². The van der Waals surface area contributed by atoms with Crippen LogP contribution in [0.3, 0.4) is 0 Å². The summed E-state index contributed by atoms with van der Waals surface area (Å²) in [7, 11) is 0. The second-order valence-corrected chi connectivity index (χ2v) is 5.30. The molecule has 0 radical (unpaired) electrons. The van der Waals surface area contributed by atoms with E-state index in [0.717, 1.165) is 5.56 Å². The van der Waals surface area contributed by atoms with Gasteiger partial charge in [0.15, 0.2) is 0 Å². The van der Waals surface area contributed by atoms with Crippen LogP contribution < -0.4 is 5.73 Å². The molecule has 0 unspecified atom stereocenters. The summed E-state index contributed by atoms with van der Waals surface area (Å²) >= 11 is 0. The molecular formula is C15H19F3N2O. The monoisotopic (exact) mass is 300 g/mol. The summed E-state index contributed by atoms with van der Waals surface area (Å²) in [6.07, 6.45) is -3.61. The Morgan fingerprint density at radius 3 is 2.43 bits per heavy atom. The molecule has 2 N–H and O–H groups in total. The maximum atomic E-state index is 12.6. The van der Waals surface area contributed by atoms with E-state index in [1.807, 2.05) is 12.1 Å². The number of alkyl halides is 3. The van der Waals surface area contributed by atoms with Crippen molar-refractivity contribution in [1.82, 2.24) is 4.90 Å². The smallest absolute Gasteiger partial charge is 0.339 e. The van der Waals surface area contributed by atoms with Crippen molar-refractivity contribution in [2.75, 3.05) is 19.6 Å². The van der Waals surface area contributed by atoms with Crippen molar-refractivity contribution in [2.24, 2.45) is 11.7 Å². The van der Waals surface area contributed by atoms with Crippen LogP contribution in [0.5, 0.6) is 0 Å². The topological polar surface area (TPSA) is 46.3 Å². The van der Waals surface area contributed by atoms with Gasteiger partial charge in [-0.15, -0.1) is 0 Å². The van der Waals surface area contributed by atoms with E-state index in [1.54, 1.807) is 12.1 Å². The van der Waals surface area contributed by atoms with E-state index in [2.05, 4.69) is 0 Å². The molecule has 1 amide bonds. The number of carbonyl (C=O) groups excluding carboxylic acids is 1. The quantitative estimate of drug-likeness (QED) is 0.932. The summed E-state index contributed by atoms with van der Waals surface area (Å²) < 4.78 is 37.9. The van der Waals surface area contributed by atoms with Gasteiger partial charge in [-0.3, -0.25) is 4.79 Å². The lowest BCUT2D eigenvalue weighted by Crippen LogP contribution is -2.42. The molecule has 3 nitrogen and oxygen atoms in total. The van der Waals surface area contributed by atoms with Crippen LogP contribution in [-0.2, 0) is 6.42 Å². The lowest BCUT2D eigenvalue weighted by atomic mass is 9.95. The van der Waals surface area contributed by atoms with Gasteiger partial charge in [0.1, 0.15) is 0 Å². The lowest BCUT2D eigenvalue weighted by molar-refractivity contribution is -0.183. The van der Waals surface area contributed by atoms with Crippen LogP contribution in [-0.4, -0.2) is 36.6 Å². The maximum Gasteiger partial charge on any atom is 0.391 e. The van der Waals surface area contributed by atoms with Gasteiger partial charge in [0.25, 0.3) is 5.91 Å². The van der Waals surface area contributed by atoms with E-state index >= 15 is 0 Å². The average Bonchev–Trinajstić information content (AvgIpc) is 2.47. The minimum absolute atomic E-state index is 0.0195. The standard InChI is InChI=1S/C15H19F3N2O/c16-15(17,18)12-6-9-20(10-7-12)14(21)13-4-2-1-3-11(13)5-8-19/h1-4,12H,5-10,19H2. The van der Waals surface area contributed by atoms with E-state index in [4.69, 9.17) is 5.73 Å². The third-order valence-electron chi connectivity index (χ3n) is 3.91. The van der Waals surface area contributed by atoms with Gasteiger partial charge in [-0.1, -0.05) is 18.2 Å². The van der Waals surface area contributed by atoms with Gasteiger partial charge >= 0.3 is 6.18 Å². The second kappa shape index (κ2) is 6.47. The molecule has 0 saturated carbocycles. The summed E-state index contributed by atoms with van der Waals surface area (Å²) in [5.74, 6) is -1.49. The minimum atomic E-state index is -4.16. The Balaban J connectivity index is 2.06. The number of hydrogen-bond acceptors (Lipinski definition) is 2. The molecule has 0 spiro atoms. The Morgan fingerprint density at radius 2 is 1.86 bits per heavy atom. The Morgan fingerprint density at radius 1 is 1.24 bits per heavy atom. The molecule has 0 atom stereocenters. The number of nitrogens with zero attached hydrogens (tertiary/aromatic N) is 1. The van der Waals surface area contributed by atoms with Crippen molar-refractivity contribution in [3.05, 3.63) is 35.4 Å². The molecule has 6 heteroatoms. The lowest BCUT2D eigenvalue weighted by Gasteiger charge is -2.33. The van der Waals surface area contributed by atoms with Crippen molar-refractivity contribution in [3.8, 4) is 0 Å². The van der Waals surface area contributed by atoms with Gasteiger partial charge < -0.3 is 10.6 Å². The molecule has 1 heterocycles. The van der Waals surface area contributed by atoms with Crippen LogP contribution in [0, 0.1) is 5.92 Å². The van der Waals surface area contributed by atoms with Crippen molar-refractivity contribution < 1.29 is 18.0 Å². The highest BCUT2D eigenvalue weighted by Gasteiger charge is 2.41. The van der Waals surface area contributed by atoms with Crippen molar-refractivity contribution >= 4 is 5.91 Å². The molecule has 1 aliphatic rings. The van der Waals surface area contributed by atoms with Crippen LogP contribution in [0.15, 0.2) is 24.3 Å². The third-order valence-corrected chi connectivity index (χ3v) is 3.91. The summed E-state index contributed by atoms with van der Waals surface area (Å²) in [4.78, 5) is 14.0. The SMILES string of the molecule is NCCc1ccccc1C(=O)N1CCC(C(F)(F)F)CC1. The van der Waals surface area contributed by atoms with Gasteiger partial charge in [-0.2, -0.15) is 13.2 Å². The molecule has 0 aliphatic carbocycles. The van der Waals surface area contributed by atoms with Crippen LogP contribution in [0.1, 0.15) is 28.8 Å². The highest BCUT2D eigenvalue weighted by molar-refractivity contribution is 5.95. The highest BCUT2D eigenvalue weighted by atomic mass is 19.4. The first-order valence-electron chi connectivity index (χ1n) is 7.07. The first-order chi connectivity index (χ1) is 9.93.